The molecule has 2 aliphatic carbocycles. The van der Waals surface area contributed by atoms with Crippen molar-refractivity contribution in [2.75, 3.05) is 0 Å². The Morgan fingerprint density at radius 1 is 0.403 bits per heavy atom. The van der Waals surface area contributed by atoms with E-state index in [1.165, 1.54) is 179 Å². The molecule has 0 fully saturated rings. The van der Waals surface area contributed by atoms with E-state index in [-0.39, 0.29) is 0 Å². The highest BCUT2D eigenvalue weighted by molar-refractivity contribution is 7.30. The van der Waals surface area contributed by atoms with E-state index in [2.05, 4.69) is 144 Å². The maximum atomic E-state index is 5.85. The lowest BCUT2D eigenvalue weighted by atomic mass is 9.96. The summed E-state index contributed by atoms with van der Waals surface area (Å²) in [6.45, 7) is 34.6. The first-order chi connectivity index (χ1) is 29.7. The van der Waals surface area contributed by atoms with Crippen molar-refractivity contribution in [1.82, 2.24) is 9.97 Å². The molecule has 0 saturated heterocycles. The third-order valence-electron chi connectivity index (χ3n) is 15.8. The fraction of sp³-hybridized carbons (Fsp3) is 0.714. The molecular formula is C56H92N2S2Si2. The largest absolute Gasteiger partial charge is 0.246 e. The van der Waals surface area contributed by atoms with Gasteiger partial charge >= 0.3 is 0 Å². The van der Waals surface area contributed by atoms with Gasteiger partial charge in [-0.25, -0.2) is 9.97 Å². The highest BCUT2D eigenvalue weighted by atomic mass is 32.1. The molecule has 0 spiro atoms. The molecule has 1 aromatic carbocycles. The third-order valence-corrected chi connectivity index (χ3v) is 33.5. The van der Waals surface area contributed by atoms with Gasteiger partial charge in [0, 0.05) is 22.3 Å². The molecule has 2 nitrogen and oxygen atoms in total. The van der Waals surface area contributed by atoms with Crippen molar-refractivity contribution in [2.24, 2.45) is 0 Å². The summed E-state index contributed by atoms with van der Waals surface area (Å²) in [5, 5.41) is 0. The number of rotatable bonds is 28. The van der Waals surface area contributed by atoms with Gasteiger partial charge in [-0.05, 0) is 82.2 Å². The molecule has 2 aromatic heterocycles. The molecule has 0 N–H and O–H groups in total. The molecule has 2 aliphatic rings. The predicted octanol–water partition coefficient (Wildman–Crippen LogP) is 19.0. The first-order valence-corrected chi connectivity index (χ1v) is 32.4. The zero-order valence-corrected chi connectivity index (χ0v) is 46.3. The average molecular weight is 914 g/mol. The molecule has 346 valence electrons. The van der Waals surface area contributed by atoms with E-state index in [0.29, 0.717) is 33.2 Å². The number of hydrogen-bond acceptors (Lipinski definition) is 4. The van der Waals surface area contributed by atoms with Crippen LogP contribution in [0.4, 0.5) is 0 Å². The van der Waals surface area contributed by atoms with Gasteiger partial charge in [0.2, 0.25) is 0 Å². The van der Waals surface area contributed by atoms with Crippen molar-refractivity contribution < 1.29 is 0 Å². The maximum absolute atomic E-state index is 5.85. The van der Waals surface area contributed by atoms with E-state index >= 15 is 0 Å². The van der Waals surface area contributed by atoms with E-state index in [1.54, 1.807) is 0 Å². The van der Waals surface area contributed by atoms with Gasteiger partial charge in [0.1, 0.15) is 16.1 Å². The van der Waals surface area contributed by atoms with Gasteiger partial charge in [-0.3, -0.25) is 0 Å². The van der Waals surface area contributed by atoms with Crippen LogP contribution < -0.4 is 9.26 Å². The summed E-state index contributed by atoms with van der Waals surface area (Å²) in [5.74, 6) is 0. The van der Waals surface area contributed by atoms with Crippen LogP contribution in [0.2, 0.25) is 33.2 Å². The molecule has 0 aliphatic heterocycles. The Kier molecular flexibility index (Phi) is 19.7. The van der Waals surface area contributed by atoms with Crippen LogP contribution in [0.25, 0.3) is 32.0 Å². The topological polar surface area (TPSA) is 25.8 Å². The molecule has 62 heavy (non-hydrogen) atoms. The van der Waals surface area contributed by atoms with Crippen LogP contribution in [0.3, 0.4) is 0 Å². The minimum absolute atomic E-state index is 0.646. The van der Waals surface area contributed by atoms with Crippen molar-refractivity contribution in [3.05, 3.63) is 46.8 Å². The van der Waals surface area contributed by atoms with Gasteiger partial charge in [-0.2, -0.15) is 0 Å². The lowest BCUT2D eigenvalue weighted by Gasteiger charge is -2.41. The number of allylic oxidation sites excluding steroid dienone is 2. The quantitative estimate of drug-likeness (QED) is 0.0369. The zero-order valence-electron chi connectivity index (χ0n) is 42.6. The molecule has 0 amide bonds. The van der Waals surface area contributed by atoms with Crippen molar-refractivity contribution in [2.45, 2.75) is 259 Å². The van der Waals surface area contributed by atoms with Crippen molar-refractivity contribution in [3.8, 4) is 20.9 Å². The van der Waals surface area contributed by atoms with E-state index in [4.69, 9.17) is 9.97 Å². The molecule has 0 bridgehead atoms. The van der Waals surface area contributed by atoms with Gasteiger partial charge in [-0.15, -0.1) is 22.7 Å². The smallest absolute Gasteiger partial charge is 0.131 e. The number of fused-ring (bicyclic) bond motifs is 6. The third kappa shape index (κ3) is 10.6. The number of benzene rings is 1. The van der Waals surface area contributed by atoms with Crippen molar-refractivity contribution in [3.63, 3.8) is 0 Å². The van der Waals surface area contributed by atoms with Crippen LogP contribution in [-0.2, 0) is 0 Å². The number of unbranched alkanes of at least 4 members (excludes halogenated alkanes) is 18. The minimum atomic E-state index is -1.92. The molecular weight excluding hydrogens is 821 g/mol. The van der Waals surface area contributed by atoms with Gasteiger partial charge in [0.15, 0.2) is 0 Å². The summed E-state index contributed by atoms with van der Waals surface area (Å²) in [7, 11) is -3.83. The van der Waals surface area contributed by atoms with Gasteiger partial charge in [-0.1, -0.05) is 212 Å². The molecule has 2 heterocycles. The summed E-state index contributed by atoms with van der Waals surface area (Å²) in [5.41, 5.74) is 15.1. The number of hydrogen-bond donors (Lipinski definition) is 0. The van der Waals surface area contributed by atoms with E-state index in [0.717, 1.165) is 12.8 Å². The number of thiazole rings is 2. The van der Waals surface area contributed by atoms with E-state index in [9.17, 15) is 0 Å². The standard InChI is InChI=1S/C56H92N2S2Si2/c1-15-17-19-21-23-25-27-29-31-33-35-45-47-37-50-48(38-49(47)53-51(45)57-55(59-53)61(39(3)4,40(5)6)41(7)8)46(36-34-32-30-28-26-24-22-20-18-16-2)52-54(50)60-56(58-52)62(42(9)10,43(11)12)44(13)14/h35-44H,15-34H2,1-14H3/b45-35-,46-36-. The Morgan fingerprint density at radius 3 is 0.952 bits per heavy atom. The normalized spacial score (nSPS) is 15.2. The van der Waals surface area contributed by atoms with E-state index in [1.807, 2.05) is 0 Å². The fourth-order valence-electron chi connectivity index (χ4n) is 12.7. The van der Waals surface area contributed by atoms with Crippen molar-refractivity contribution >= 4 is 59.2 Å². The fourth-order valence-corrected chi connectivity index (χ4v) is 32.3. The first-order valence-electron chi connectivity index (χ1n) is 26.3. The SMILES string of the molecule is CCCCCCCCCCC/C=C1/c2cc3c(cc2-c2sc([Si](C(C)C)(C(C)C)C(C)C)nc21)/C(=C/CCCCCCCCCCC)c1nc([Si](C(C)C)(C(C)C)C(C)C)sc1-3. The van der Waals surface area contributed by atoms with Gasteiger partial charge < -0.3 is 0 Å². The molecule has 0 radical (unpaired) electrons. The van der Waals surface area contributed by atoms with Crippen LogP contribution in [0.5, 0.6) is 0 Å². The second kappa shape index (κ2) is 23.7. The maximum Gasteiger partial charge on any atom is 0.131 e. The van der Waals surface area contributed by atoms with Gasteiger partial charge in [0.25, 0.3) is 0 Å². The van der Waals surface area contributed by atoms with Crippen LogP contribution in [0, 0.1) is 0 Å². The minimum Gasteiger partial charge on any atom is -0.246 e. The highest BCUT2D eigenvalue weighted by Gasteiger charge is 2.50. The van der Waals surface area contributed by atoms with E-state index < -0.39 is 16.1 Å². The molecule has 5 rings (SSSR count). The summed E-state index contributed by atoms with van der Waals surface area (Å²) >= 11 is 4.17. The second-order valence-electron chi connectivity index (χ2n) is 21.6. The summed E-state index contributed by atoms with van der Waals surface area (Å²) in [6.07, 6.45) is 32.2. The molecule has 0 saturated carbocycles. The number of nitrogens with zero attached hydrogens (tertiary/aromatic N) is 2. The zero-order chi connectivity index (χ0) is 45.2. The molecule has 6 heteroatoms. The van der Waals surface area contributed by atoms with Crippen LogP contribution >= 0.6 is 22.7 Å². The van der Waals surface area contributed by atoms with Gasteiger partial charge in [0.05, 0.1) is 30.4 Å². The highest BCUT2D eigenvalue weighted by Crippen LogP contribution is 2.55. The molecule has 0 unspecified atom stereocenters. The Labute approximate surface area is 393 Å². The second-order valence-corrected chi connectivity index (χ2v) is 35.9. The first kappa shape index (κ1) is 51.4. The lowest BCUT2D eigenvalue weighted by Crippen LogP contribution is -2.55. The monoisotopic (exact) mass is 913 g/mol. The Balaban J connectivity index is 1.57. The average Bonchev–Trinajstić information content (AvgIpc) is 3.96. The Bertz CT molecular complexity index is 1740. The summed E-state index contributed by atoms with van der Waals surface area (Å²) in [4.78, 5) is 14.6. The van der Waals surface area contributed by atoms with Crippen LogP contribution in [-0.4, -0.2) is 26.1 Å². The Hall–Kier alpha value is -1.61. The molecule has 0 atom stereocenters. The predicted molar refractivity (Wildman–Crippen MR) is 288 cm³/mol. The summed E-state index contributed by atoms with van der Waals surface area (Å²) in [6, 6.07) is 5.25. The number of aromatic nitrogens is 2. The molecule has 3 aromatic rings. The Morgan fingerprint density at radius 2 is 0.677 bits per heavy atom. The van der Waals surface area contributed by atoms with Crippen molar-refractivity contribution in [1.29, 1.82) is 0 Å². The summed E-state index contributed by atoms with van der Waals surface area (Å²) < 4.78 is 2.98. The van der Waals surface area contributed by atoms with Crippen LogP contribution in [0.15, 0.2) is 24.3 Å². The van der Waals surface area contributed by atoms with Crippen LogP contribution in [0.1, 0.15) is 248 Å². The lowest BCUT2D eigenvalue weighted by molar-refractivity contribution is 0.566.